The van der Waals surface area contributed by atoms with Crippen molar-refractivity contribution in [3.05, 3.63) is 34.1 Å². The molecule has 0 aliphatic heterocycles. The van der Waals surface area contributed by atoms with Gasteiger partial charge in [0, 0.05) is 17.1 Å². The van der Waals surface area contributed by atoms with Gasteiger partial charge in [0.1, 0.15) is 5.82 Å². The van der Waals surface area contributed by atoms with Crippen molar-refractivity contribution in [2.24, 2.45) is 5.41 Å². The summed E-state index contributed by atoms with van der Waals surface area (Å²) in [5, 5.41) is 3.69. The Hall–Kier alpha value is -0.410. The van der Waals surface area contributed by atoms with Crippen molar-refractivity contribution >= 4 is 15.9 Å². The van der Waals surface area contributed by atoms with Crippen LogP contribution in [0.3, 0.4) is 0 Å². The normalized spacial score (nSPS) is 21.9. The number of rotatable bonds is 5. The maximum absolute atomic E-state index is 14.1. The second-order valence-corrected chi connectivity index (χ2v) is 7.54. The van der Waals surface area contributed by atoms with E-state index in [2.05, 4.69) is 21.2 Å². The molecule has 1 aromatic carbocycles. The van der Waals surface area contributed by atoms with Crippen molar-refractivity contribution in [1.82, 2.24) is 5.32 Å². The first-order valence-corrected chi connectivity index (χ1v) is 8.64. The fourth-order valence-corrected chi connectivity index (χ4v) is 3.86. The summed E-state index contributed by atoms with van der Waals surface area (Å²) in [5.74, 6) is -0.0513. The summed E-state index contributed by atoms with van der Waals surface area (Å²) >= 11 is 3.47. The first-order chi connectivity index (χ1) is 9.67. The van der Waals surface area contributed by atoms with E-state index in [1.807, 2.05) is 6.07 Å². The van der Waals surface area contributed by atoms with E-state index in [-0.39, 0.29) is 11.2 Å². The minimum Gasteiger partial charge on any atom is -0.313 e. The van der Waals surface area contributed by atoms with Crippen LogP contribution in [0.1, 0.15) is 50.5 Å². The quantitative estimate of drug-likeness (QED) is 0.809. The number of hydrogen-bond donors (Lipinski definition) is 1. The van der Waals surface area contributed by atoms with Crippen LogP contribution in [0.25, 0.3) is 0 Å². The van der Waals surface area contributed by atoms with Gasteiger partial charge in [-0.1, -0.05) is 35.2 Å². The lowest BCUT2D eigenvalue weighted by Gasteiger charge is -2.38. The molecular formula is C17H23BrFN. The van der Waals surface area contributed by atoms with Gasteiger partial charge in [0.15, 0.2) is 0 Å². The van der Waals surface area contributed by atoms with Crippen LogP contribution in [-0.4, -0.2) is 12.6 Å². The molecule has 0 spiro atoms. The van der Waals surface area contributed by atoms with Crippen molar-refractivity contribution in [3.63, 3.8) is 0 Å². The maximum Gasteiger partial charge on any atom is 0.126 e. The van der Waals surface area contributed by atoms with Crippen LogP contribution >= 0.6 is 15.9 Å². The predicted octanol–water partition coefficient (Wildman–Crippen LogP) is 4.83. The first-order valence-electron chi connectivity index (χ1n) is 7.84. The summed E-state index contributed by atoms with van der Waals surface area (Å²) in [4.78, 5) is 0. The molecule has 20 heavy (non-hydrogen) atoms. The zero-order valence-corrected chi connectivity index (χ0v) is 13.5. The molecule has 0 radical (unpaired) electrons. The maximum atomic E-state index is 14.1. The Balaban J connectivity index is 1.75. The Morgan fingerprint density at radius 3 is 2.65 bits per heavy atom. The molecule has 1 aromatic rings. The van der Waals surface area contributed by atoms with E-state index in [0.717, 1.165) is 29.0 Å². The monoisotopic (exact) mass is 339 g/mol. The van der Waals surface area contributed by atoms with E-state index in [1.165, 1.54) is 44.9 Å². The van der Waals surface area contributed by atoms with Gasteiger partial charge in [-0.2, -0.15) is 0 Å². The fourth-order valence-electron chi connectivity index (χ4n) is 3.45. The lowest BCUT2D eigenvalue weighted by atomic mass is 9.70. The van der Waals surface area contributed by atoms with Gasteiger partial charge in [-0.15, -0.1) is 0 Å². The van der Waals surface area contributed by atoms with Gasteiger partial charge >= 0.3 is 0 Å². The molecule has 0 aromatic heterocycles. The van der Waals surface area contributed by atoms with Gasteiger partial charge in [-0.05, 0) is 61.3 Å². The van der Waals surface area contributed by atoms with Crippen LogP contribution in [0.4, 0.5) is 4.39 Å². The van der Waals surface area contributed by atoms with Crippen LogP contribution in [0.2, 0.25) is 0 Å². The molecule has 0 unspecified atom stereocenters. The van der Waals surface area contributed by atoms with Gasteiger partial charge in [0.05, 0.1) is 0 Å². The predicted molar refractivity (Wildman–Crippen MR) is 84.3 cm³/mol. The third-order valence-corrected chi connectivity index (χ3v) is 5.32. The van der Waals surface area contributed by atoms with Crippen LogP contribution in [0.15, 0.2) is 22.7 Å². The number of nitrogens with one attached hydrogen (secondary N) is 1. The number of hydrogen-bond acceptors (Lipinski definition) is 1. The molecule has 1 nitrogen and oxygen atoms in total. The smallest absolute Gasteiger partial charge is 0.126 e. The molecule has 1 N–H and O–H groups in total. The molecule has 2 saturated carbocycles. The lowest BCUT2D eigenvalue weighted by Crippen LogP contribution is -2.39. The zero-order chi connectivity index (χ0) is 14.0. The molecule has 3 rings (SSSR count). The molecule has 2 aliphatic rings. The van der Waals surface area contributed by atoms with Gasteiger partial charge in [0.2, 0.25) is 0 Å². The van der Waals surface area contributed by atoms with Gasteiger partial charge in [-0.25, -0.2) is 4.39 Å². The minimum atomic E-state index is -0.0513. The molecule has 110 valence electrons. The Kier molecular flexibility index (Phi) is 4.46. The Morgan fingerprint density at radius 2 is 1.95 bits per heavy atom. The van der Waals surface area contributed by atoms with Crippen LogP contribution < -0.4 is 5.32 Å². The third-order valence-electron chi connectivity index (χ3n) is 4.83. The standard InChI is InChI=1S/C17H23BrFN/c18-14-4-7-16(19)13(10-14)11-17(8-2-1-3-9-17)12-20-15-5-6-15/h4,7,10,15,20H,1-3,5-6,8-9,11-12H2. The largest absolute Gasteiger partial charge is 0.313 e. The van der Waals surface area contributed by atoms with Crippen LogP contribution in [0.5, 0.6) is 0 Å². The molecule has 2 aliphatic carbocycles. The first kappa shape index (κ1) is 14.5. The molecule has 3 heteroatoms. The average Bonchev–Trinajstić information content (AvgIpc) is 3.26. The van der Waals surface area contributed by atoms with E-state index >= 15 is 0 Å². The van der Waals surface area contributed by atoms with Crippen molar-refractivity contribution in [3.8, 4) is 0 Å². The SMILES string of the molecule is Fc1ccc(Br)cc1CC1(CNC2CC2)CCCCC1. The van der Waals surface area contributed by atoms with Gasteiger partial charge in [0.25, 0.3) is 0 Å². The summed E-state index contributed by atoms with van der Waals surface area (Å²) in [6, 6.07) is 6.07. The van der Waals surface area contributed by atoms with Gasteiger partial charge < -0.3 is 5.32 Å². The Morgan fingerprint density at radius 1 is 1.20 bits per heavy atom. The molecule has 0 bridgehead atoms. The summed E-state index contributed by atoms with van der Waals surface area (Å²) in [5.41, 5.74) is 1.14. The van der Waals surface area contributed by atoms with Crippen molar-refractivity contribution in [1.29, 1.82) is 0 Å². The third kappa shape index (κ3) is 3.62. The second-order valence-electron chi connectivity index (χ2n) is 6.63. The van der Waals surface area contributed by atoms with E-state index in [4.69, 9.17) is 0 Å². The van der Waals surface area contributed by atoms with E-state index in [1.54, 1.807) is 12.1 Å². The van der Waals surface area contributed by atoms with E-state index < -0.39 is 0 Å². The van der Waals surface area contributed by atoms with Crippen LogP contribution in [0, 0.1) is 11.2 Å². The summed E-state index contributed by atoms with van der Waals surface area (Å²) < 4.78 is 15.0. The average molecular weight is 340 g/mol. The zero-order valence-electron chi connectivity index (χ0n) is 11.9. The number of halogens is 2. The molecule has 0 saturated heterocycles. The topological polar surface area (TPSA) is 12.0 Å². The molecule has 0 heterocycles. The molecule has 2 fully saturated rings. The Bertz CT molecular complexity index is 464. The van der Waals surface area contributed by atoms with E-state index in [9.17, 15) is 4.39 Å². The number of benzene rings is 1. The molecular weight excluding hydrogens is 317 g/mol. The molecule has 0 amide bonds. The lowest BCUT2D eigenvalue weighted by molar-refractivity contribution is 0.178. The van der Waals surface area contributed by atoms with Crippen molar-refractivity contribution in [2.75, 3.05) is 6.54 Å². The highest BCUT2D eigenvalue weighted by atomic mass is 79.9. The fraction of sp³-hybridized carbons (Fsp3) is 0.647. The van der Waals surface area contributed by atoms with Crippen molar-refractivity contribution in [2.45, 2.75) is 57.4 Å². The highest BCUT2D eigenvalue weighted by molar-refractivity contribution is 9.10. The second kappa shape index (κ2) is 6.15. The van der Waals surface area contributed by atoms with Crippen molar-refractivity contribution < 1.29 is 4.39 Å². The highest BCUT2D eigenvalue weighted by Crippen LogP contribution is 2.40. The Labute approximate surface area is 129 Å². The summed E-state index contributed by atoms with van der Waals surface area (Å²) in [7, 11) is 0. The summed E-state index contributed by atoms with van der Waals surface area (Å²) in [6.45, 7) is 1.06. The minimum absolute atomic E-state index is 0.0513. The van der Waals surface area contributed by atoms with E-state index in [0.29, 0.717) is 0 Å². The highest BCUT2D eigenvalue weighted by Gasteiger charge is 2.34. The van der Waals surface area contributed by atoms with Gasteiger partial charge in [-0.3, -0.25) is 0 Å². The molecule has 0 atom stereocenters. The summed E-state index contributed by atoms with van der Waals surface area (Å²) in [6.07, 6.45) is 9.91. The van der Waals surface area contributed by atoms with Crippen LogP contribution in [-0.2, 0) is 6.42 Å².